The van der Waals surface area contributed by atoms with Gasteiger partial charge in [0.25, 0.3) is 0 Å². The van der Waals surface area contributed by atoms with Gasteiger partial charge < -0.3 is 26.9 Å². The van der Waals surface area contributed by atoms with E-state index >= 15 is 0 Å². The van der Waals surface area contributed by atoms with Crippen molar-refractivity contribution in [2.45, 2.75) is 6.54 Å². The Labute approximate surface area is 124 Å². The molecule has 0 fully saturated rings. The van der Waals surface area contributed by atoms with E-state index in [0.29, 0.717) is 13.2 Å². The molecule has 0 radical (unpaired) electrons. The Morgan fingerprint density at radius 2 is 1.89 bits per heavy atom. The van der Waals surface area contributed by atoms with Crippen molar-refractivity contribution in [1.82, 2.24) is 5.32 Å². The first-order chi connectivity index (χ1) is 8.79. The average molecular weight is 301 g/mol. The first-order valence-electron chi connectivity index (χ1n) is 5.84. The number of hydrogen-bond donors (Lipinski definition) is 1. The first-order valence-corrected chi connectivity index (χ1v) is 6.21. The van der Waals surface area contributed by atoms with Crippen LogP contribution in [0.5, 0.6) is 0 Å². The highest BCUT2D eigenvalue weighted by Gasteiger charge is 2.04. The maximum atomic E-state index is 5.85. The molecule has 0 saturated carbocycles. The molecule has 1 aromatic heterocycles. The van der Waals surface area contributed by atoms with Crippen LogP contribution in [-0.2, 0) is 11.3 Å². The quantitative estimate of drug-likeness (QED) is 0.782. The van der Waals surface area contributed by atoms with Crippen molar-refractivity contribution in [3.8, 4) is 11.3 Å². The van der Waals surface area contributed by atoms with Crippen LogP contribution < -0.4 is 17.7 Å². The Bertz CT molecular complexity index is 482. The number of methoxy groups -OCH3 is 1. The number of ether oxygens (including phenoxy) is 1. The van der Waals surface area contributed by atoms with E-state index in [9.17, 15) is 0 Å². The minimum atomic E-state index is 0. The SMILES string of the molecule is COCCNCc1ccc(-c2ccc(Cl)cc2)o1.[Cl-]. The average Bonchev–Trinajstić information content (AvgIpc) is 2.84. The highest BCUT2D eigenvalue weighted by Crippen LogP contribution is 2.23. The zero-order valence-corrected chi connectivity index (χ0v) is 12.2. The Morgan fingerprint density at radius 3 is 2.58 bits per heavy atom. The Balaban J connectivity index is 0.00000180. The summed E-state index contributed by atoms with van der Waals surface area (Å²) in [6.07, 6.45) is 0. The normalized spacial score (nSPS) is 10.2. The number of hydrogen-bond acceptors (Lipinski definition) is 3. The Hall–Kier alpha value is -1.00. The van der Waals surface area contributed by atoms with Crippen LogP contribution in [-0.4, -0.2) is 20.3 Å². The molecule has 2 aromatic rings. The molecule has 0 aliphatic carbocycles. The fourth-order valence-electron chi connectivity index (χ4n) is 1.63. The van der Waals surface area contributed by atoms with Gasteiger partial charge in [0.15, 0.2) is 0 Å². The van der Waals surface area contributed by atoms with Crippen molar-refractivity contribution >= 4 is 11.6 Å². The van der Waals surface area contributed by atoms with E-state index < -0.39 is 0 Å². The van der Waals surface area contributed by atoms with Gasteiger partial charge in [0.2, 0.25) is 0 Å². The zero-order chi connectivity index (χ0) is 12.8. The minimum absolute atomic E-state index is 0. The number of benzene rings is 1. The van der Waals surface area contributed by atoms with Gasteiger partial charge >= 0.3 is 0 Å². The lowest BCUT2D eigenvalue weighted by molar-refractivity contribution is -0.00000451. The molecular formula is C14H16Cl2NO2-. The lowest BCUT2D eigenvalue weighted by atomic mass is 10.2. The maximum Gasteiger partial charge on any atom is 0.134 e. The van der Waals surface area contributed by atoms with Gasteiger partial charge in [0.05, 0.1) is 13.2 Å². The molecule has 1 aromatic carbocycles. The maximum absolute atomic E-state index is 5.85. The number of halogens is 2. The molecule has 0 bridgehead atoms. The second-order valence-corrected chi connectivity index (χ2v) is 4.38. The second kappa shape index (κ2) is 8.23. The summed E-state index contributed by atoms with van der Waals surface area (Å²) in [4.78, 5) is 0. The fraction of sp³-hybridized carbons (Fsp3) is 0.286. The van der Waals surface area contributed by atoms with Crippen LogP contribution >= 0.6 is 11.6 Å². The summed E-state index contributed by atoms with van der Waals surface area (Å²) in [6, 6.07) is 11.6. The van der Waals surface area contributed by atoms with Gasteiger partial charge in [-0.1, -0.05) is 11.6 Å². The summed E-state index contributed by atoms with van der Waals surface area (Å²) in [5.41, 5.74) is 1.03. The van der Waals surface area contributed by atoms with Crippen LogP contribution in [0.3, 0.4) is 0 Å². The molecule has 1 N–H and O–H groups in total. The van der Waals surface area contributed by atoms with Gasteiger partial charge in [-0.2, -0.15) is 0 Å². The molecule has 104 valence electrons. The molecule has 0 spiro atoms. The Morgan fingerprint density at radius 1 is 1.16 bits per heavy atom. The van der Waals surface area contributed by atoms with Gasteiger partial charge in [-0.25, -0.2) is 0 Å². The minimum Gasteiger partial charge on any atom is -1.00 e. The molecule has 19 heavy (non-hydrogen) atoms. The third-order valence-electron chi connectivity index (χ3n) is 2.57. The molecule has 2 rings (SSSR count). The highest BCUT2D eigenvalue weighted by molar-refractivity contribution is 6.30. The lowest BCUT2D eigenvalue weighted by Crippen LogP contribution is -3.00. The van der Waals surface area contributed by atoms with Crippen molar-refractivity contribution in [2.24, 2.45) is 0 Å². The monoisotopic (exact) mass is 300 g/mol. The zero-order valence-electron chi connectivity index (χ0n) is 10.7. The van der Waals surface area contributed by atoms with Crippen molar-refractivity contribution in [3.63, 3.8) is 0 Å². The molecule has 3 nitrogen and oxygen atoms in total. The van der Waals surface area contributed by atoms with Crippen LogP contribution in [0.2, 0.25) is 5.02 Å². The summed E-state index contributed by atoms with van der Waals surface area (Å²) in [5, 5.41) is 3.97. The number of furan rings is 1. The van der Waals surface area contributed by atoms with Crippen LogP contribution in [0, 0.1) is 0 Å². The Kier molecular flexibility index (Phi) is 6.95. The third-order valence-corrected chi connectivity index (χ3v) is 2.82. The van der Waals surface area contributed by atoms with E-state index in [2.05, 4.69) is 5.32 Å². The van der Waals surface area contributed by atoms with Gasteiger partial charge in [-0.05, 0) is 36.4 Å². The lowest BCUT2D eigenvalue weighted by Gasteiger charge is -2.01. The molecule has 0 aliphatic heterocycles. The van der Waals surface area contributed by atoms with Gasteiger partial charge in [0, 0.05) is 24.2 Å². The molecule has 0 atom stereocenters. The smallest absolute Gasteiger partial charge is 0.134 e. The van der Waals surface area contributed by atoms with Gasteiger partial charge in [0.1, 0.15) is 11.5 Å². The van der Waals surface area contributed by atoms with E-state index in [-0.39, 0.29) is 12.4 Å². The molecule has 0 saturated heterocycles. The number of nitrogens with one attached hydrogen (secondary N) is 1. The third kappa shape index (κ3) is 4.88. The largest absolute Gasteiger partial charge is 1.00 e. The van der Waals surface area contributed by atoms with E-state index in [1.807, 2.05) is 36.4 Å². The topological polar surface area (TPSA) is 34.4 Å². The predicted octanol–water partition coefficient (Wildman–Crippen LogP) is 0.340. The molecule has 5 heteroatoms. The molecule has 0 unspecified atom stereocenters. The van der Waals surface area contributed by atoms with E-state index in [1.165, 1.54) is 0 Å². The highest BCUT2D eigenvalue weighted by atomic mass is 35.5. The van der Waals surface area contributed by atoms with Gasteiger partial charge in [-0.15, -0.1) is 0 Å². The van der Waals surface area contributed by atoms with Crippen LogP contribution in [0.15, 0.2) is 40.8 Å². The van der Waals surface area contributed by atoms with Crippen LogP contribution in [0.25, 0.3) is 11.3 Å². The molecule has 0 amide bonds. The van der Waals surface area contributed by atoms with Crippen LogP contribution in [0.1, 0.15) is 5.76 Å². The van der Waals surface area contributed by atoms with Crippen molar-refractivity contribution in [3.05, 3.63) is 47.2 Å². The molecule has 0 aliphatic rings. The van der Waals surface area contributed by atoms with E-state index in [0.717, 1.165) is 28.7 Å². The first kappa shape index (κ1) is 16.1. The second-order valence-electron chi connectivity index (χ2n) is 3.94. The summed E-state index contributed by atoms with van der Waals surface area (Å²) in [6.45, 7) is 2.22. The molecular weight excluding hydrogens is 285 g/mol. The summed E-state index contributed by atoms with van der Waals surface area (Å²) in [7, 11) is 1.69. The summed E-state index contributed by atoms with van der Waals surface area (Å²) in [5.74, 6) is 1.77. The predicted molar refractivity (Wildman–Crippen MR) is 72.7 cm³/mol. The molecule has 1 heterocycles. The van der Waals surface area contributed by atoms with E-state index in [1.54, 1.807) is 7.11 Å². The summed E-state index contributed by atoms with van der Waals surface area (Å²) < 4.78 is 10.7. The van der Waals surface area contributed by atoms with Gasteiger partial charge in [-0.3, -0.25) is 0 Å². The van der Waals surface area contributed by atoms with Crippen LogP contribution in [0.4, 0.5) is 0 Å². The summed E-state index contributed by atoms with van der Waals surface area (Å²) >= 11 is 5.85. The van der Waals surface area contributed by atoms with Crippen molar-refractivity contribution < 1.29 is 21.6 Å². The van der Waals surface area contributed by atoms with Crippen molar-refractivity contribution in [2.75, 3.05) is 20.3 Å². The fourth-order valence-corrected chi connectivity index (χ4v) is 1.75. The van der Waals surface area contributed by atoms with Crippen molar-refractivity contribution in [1.29, 1.82) is 0 Å². The van der Waals surface area contributed by atoms with E-state index in [4.69, 9.17) is 20.8 Å². The standard InChI is InChI=1S/C14H16ClNO2.ClH/c1-17-9-8-16-10-13-6-7-14(18-13)11-2-4-12(15)5-3-11;/h2-7,16H,8-10H2,1H3;1H/p-1. The number of rotatable bonds is 6.